The van der Waals surface area contributed by atoms with Crippen molar-refractivity contribution in [2.45, 2.75) is 25.9 Å². The van der Waals surface area contributed by atoms with Crippen LogP contribution in [0.1, 0.15) is 36.6 Å². The van der Waals surface area contributed by atoms with Crippen molar-refractivity contribution in [3.05, 3.63) is 95.6 Å². The Labute approximate surface area is 216 Å². The molecule has 0 aliphatic carbocycles. The van der Waals surface area contributed by atoms with Crippen molar-refractivity contribution in [1.29, 1.82) is 0 Å². The number of carbonyl (C=O) groups excluding carboxylic acids is 1. The average molecular weight is 601 g/mol. The molecule has 2 aromatic heterocycles. The van der Waals surface area contributed by atoms with Crippen LogP contribution in [0.2, 0.25) is 0 Å². The van der Waals surface area contributed by atoms with E-state index >= 15 is 0 Å². The molecule has 2 N–H and O–H groups in total. The summed E-state index contributed by atoms with van der Waals surface area (Å²) in [5.41, 5.74) is 7.32. The van der Waals surface area contributed by atoms with E-state index in [1.807, 2.05) is 48.5 Å². The molecule has 0 fully saturated rings. The minimum atomic E-state index is -0.725. The van der Waals surface area contributed by atoms with Gasteiger partial charge in [0.05, 0.1) is 12.0 Å². The first-order valence-electron chi connectivity index (χ1n) is 10.7. The van der Waals surface area contributed by atoms with E-state index in [4.69, 9.17) is 19.3 Å². The molecule has 35 heavy (non-hydrogen) atoms. The highest BCUT2D eigenvalue weighted by molar-refractivity contribution is 9.10. The van der Waals surface area contributed by atoms with Crippen LogP contribution in [0.25, 0.3) is 17.5 Å². The first-order valence-corrected chi connectivity index (χ1v) is 12.3. The number of rotatable bonds is 4. The van der Waals surface area contributed by atoms with E-state index in [1.165, 1.54) is 4.57 Å². The van der Waals surface area contributed by atoms with Crippen molar-refractivity contribution in [3.63, 3.8) is 0 Å². The fourth-order valence-corrected chi connectivity index (χ4v) is 4.54. The Morgan fingerprint density at radius 1 is 1.09 bits per heavy atom. The number of nitrogen functional groups attached to an aromatic ring is 1. The van der Waals surface area contributed by atoms with E-state index in [0.717, 1.165) is 20.1 Å². The van der Waals surface area contributed by atoms with Crippen molar-refractivity contribution < 1.29 is 18.4 Å². The molecule has 3 heterocycles. The number of benzene rings is 2. The van der Waals surface area contributed by atoms with Crippen molar-refractivity contribution in [2.24, 2.45) is 0 Å². The van der Waals surface area contributed by atoms with Gasteiger partial charge in [0, 0.05) is 8.95 Å². The lowest BCUT2D eigenvalue weighted by Gasteiger charge is -2.22. The summed E-state index contributed by atoms with van der Waals surface area (Å²) in [4.78, 5) is 30.9. The number of nitrogens with zero attached hydrogens (tertiary/aromatic N) is 2. The van der Waals surface area contributed by atoms with Crippen molar-refractivity contribution in [2.75, 3.05) is 5.73 Å². The van der Waals surface area contributed by atoms with Crippen molar-refractivity contribution >= 4 is 55.5 Å². The van der Waals surface area contributed by atoms with Crippen LogP contribution in [0, 0.1) is 0 Å². The maximum Gasteiger partial charge on any atom is 0.362 e. The summed E-state index contributed by atoms with van der Waals surface area (Å²) in [6.07, 6.45) is 1.25. The van der Waals surface area contributed by atoms with Crippen LogP contribution >= 0.6 is 31.9 Å². The predicted molar refractivity (Wildman–Crippen MR) is 136 cm³/mol. The monoisotopic (exact) mass is 599 g/mol. The van der Waals surface area contributed by atoms with E-state index in [2.05, 4.69) is 36.8 Å². The van der Waals surface area contributed by atoms with Gasteiger partial charge in [0.15, 0.2) is 0 Å². The summed E-state index contributed by atoms with van der Waals surface area (Å²) < 4.78 is 20.2. The standard InChI is InChI=1S/C25H19Br2N3O5/c1-12(2)33-24(32)19-18(14-5-9-16(27)10-6-14)20-22(35-25(28)29-20)30-17(23(31)34-21(19)30)11-13-3-7-15(26)8-4-13/h3-12,18H,1-2H3,(H2,28,29)/b17-11+/t18-/m0/s1. The molecular formula is C25H19Br2N3O5. The van der Waals surface area contributed by atoms with Gasteiger partial charge in [-0.1, -0.05) is 56.1 Å². The van der Waals surface area contributed by atoms with Crippen molar-refractivity contribution in [1.82, 2.24) is 9.55 Å². The van der Waals surface area contributed by atoms with Crippen LogP contribution in [0.5, 0.6) is 0 Å². The second kappa shape index (κ2) is 9.01. The number of hydrogen-bond acceptors (Lipinski definition) is 7. The molecule has 0 radical (unpaired) electrons. The lowest BCUT2D eigenvalue weighted by Crippen LogP contribution is -2.38. The first-order chi connectivity index (χ1) is 16.7. The molecule has 2 aromatic carbocycles. The van der Waals surface area contributed by atoms with Gasteiger partial charge < -0.3 is 19.3 Å². The smallest absolute Gasteiger partial charge is 0.362 e. The maximum atomic E-state index is 13.4. The number of nitrogens with two attached hydrogens (primary N) is 1. The number of esters is 1. The summed E-state index contributed by atoms with van der Waals surface area (Å²) in [5.74, 6) is -1.14. The Morgan fingerprint density at radius 3 is 2.34 bits per heavy atom. The summed E-state index contributed by atoms with van der Waals surface area (Å²) in [7, 11) is 0. The van der Waals surface area contributed by atoms with Gasteiger partial charge in [0.25, 0.3) is 6.01 Å². The molecule has 0 saturated heterocycles. The van der Waals surface area contributed by atoms with Crippen molar-refractivity contribution in [3.8, 4) is 5.88 Å². The zero-order valence-electron chi connectivity index (χ0n) is 18.6. The fraction of sp³-hybridized carbons (Fsp3) is 0.160. The average Bonchev–Trinajstić information content (AvgIpc) is 3.33. The number of hydrogen-bond donors (Lipinski definition) is 1. The first kappa shape index (κ1) is 23.4. The maximum absolute atomic E-state index is 13.4. The van der Waals surface area contributed by atoms with Gasteiger partial charge in [-0.15, -0.1) is 0 Å². The number of halogens is 2. The molecule has 0 spiro atoms. The second-order valence-electron chi connectivity index (χ2n) is 8.21. The normalized spacial score (nSPS) is 15.3. The molecule has 8 nitrogen and oxygen atoms in total. The number of anilines is 1. The minimum Gasteiger partial charge on any atom is -0.459 e. The Morgan fingerprint density at radius 2 is 1.71 bits per heavy atom. The molecule has 5 rings (SSSR count). The zero-order chi connectivity index (χ0) is 24.9. The molecule has 1 atom stereocenters. The lowest BCUT2D eigenvalue weighted by atomic mass is 9.87. The summed E-state index contributed by atoms with van der Waals surface area (Å²) in [6, 6.07) is 14.7. The van der Waals surface area contributed by atoms with Crippen LogP contribution in [0.3, 0.4) is 0 Å². The molecular weight excluding hydrogens is 582 g/mol. The topological polar surface area (TPSA) is 113 Å². The number of carbonyl (C=O) groups is 1. The molecule has 178 valence electrons. The number of fused-ring (bicyclic) bond motifs is 3. The van der Waals surface area contributed by atoms with Gasteiger partial charge >= 0.3 is 11.6 Å². The van der Waals surface area contributed by atoms with Gasteiger partial charge in [-0.05, 0) is 55.3 Å². The molecule has 0 amide bonds. The van der Waals surface area contributed by atoms with Gasteiger partial charge in [-0.3, -0.25) is 0 Å². The molecule has 4 aromatic rings. The third kappa shape index (κ3) is 4.28. The molecule has 1 aliphatic rings. The minimum absolute atomic E-state index is 0.0144. The Balaban J connectivity index is 1.88. The molecule has 0 bridgehead atoms. The summed E-state index contributed by atoms with van der Waals surface area (Å²) in [6.45, 7) is 3.49. The van der Waals surface area contributed by atoms with Gasteiger partial charge in [0.2, 0.25) is 11.4 Å². The van der Waals surface area contributed by atoms with E-state index in [1.54, 1.807) is 19.9 Å². The highest BCUT2D eigenvalue weighted by Gasteiger charge is 2.39. The van der Waals surface area contributed by atoms with Gasteiger partial charge in [-0.2, -0.15) is 4.98 Å². The zero-order valence-corrected chi connectivity index (χ0v) is 21.8. The SMILES string of the molecule is CC(C)OC(=O)C1=c2oc(=O)/c(=C\c3ccc(Br)cc3)n2-c2oc(N)nc2[C@H]1c1ccc(Br)cc1. The molecule has 10 heteroatoms. The quantitative estimate of drug-likeness (QED) is 0.356. The lowest BCUT2D eigenvalue weighted by molar-refractivity contribution is -0.140. The van der Waals surface area contributed by atoms with Gasteiger partial charge in [0.1, 0.15) is 16.6 Å². The Kier molecular flexibility index (Phi) is 6.02. The number of oxazole rings is 2. The highest BCUT2D eigenvalue weighted by Crippen LogP contribution is 2.39. The van der Waals surface area contributed by atoms with E-state index < -0.39 is 23.6 Å². The summed E-state index contributed by atoms with van der Waals surface area (Å²) >= 11 is 6.84. The van der Waals surface area contributed by atoms with Crippen LogP contribution in [0.15, 0.2) is 71.1 Å². The third-order valence-corrected chi connectivity index (χ3v) is 6.49. The van der Waals surface area contributed by atoms with Crippen LogP contribution in [-0.4, -0.2) is 21.6 Å². The Hall–Kier alpha value is -3.37. The number of aromatic nitrogens is 2. The second-order valence-corrected chi connectivity index (χ2v) is 10.0. The number of ether oxygens (including phenoxy) is 1. The Bertz CT molecular complexity index is 1610. The highest BCUT2D eigenvalue weighted by atomic mass is 79.9. The van der Waals surface area contributed by atoms with Gasteiger partial charge in [-0.25, -0.2) is 14.2 Å². The predicted octanol–water partition coefficient (Wildman–Crippen LogP) is 3.60. The molecule has 0 unspecified atom stereocenters. The molecule has 1 aliphatic heterocycles. The van der Waals surface area contributed by atoms with E-state index in [0.29, 0.717) is 5.69 Å². The molecule has 0 saturated carbocycles. The van der Waals surface area contributed by atoms with E-state index in [9.17, 15) is 9.59 Å². The largest absolute Gasteiger partial charge is 0.459 e. The fourth-order valence-electron chi connectivity index (χ4n) is 4.02. The van der Waals surface area contributed by atoms with Crippen LogP contribution < -0.4 is 22.3 Å². The summed E-state index contributed by atoms with van der Waals surface area (Å²) in [5, 5.41) is 0.156. The van der Waals surface area contributed by atoms with Crippen LogP contribution in [-0.2, 0) is 9.53 Å². The van der Waals surface area contributed by atoms with Crippen LogP contribution in [0.4, 0.5) is 6.01 Å². The third-order valence-electron chi connectivity index (χ3n) is 5.43. The van der Waals surface area contributed by atoms with E-state index in [-0.39, 0.29) is 28.4 Å².